The predicted molar refractivity (Wildman–Crippen MR) is 114 cm³/mol. The monoisotopic (exact) mass is 453 g/mol. The van der Waals surface area contributed by atoms with Crippen molar-refractivity contribution in [1.29, 1.82) is 0 Å². The van der Waals surface area contributed by atoms with Crippen molar-refractivity contribution in [2.75, 3.05) is 32.8 Å². The van der Waals surface area contributed by atoms with E-state index in [1.807, 2.05) is 13.8 Å². The first-order valence-electron chi connectivity index (χ1n) is 9.57. The SMILES string of the molecule is Cc1ccc(S(=O)(=O)NCC2(CNS(=O)(=O)c3ccc(C)cc3)COCCN2)cc1. The maximum atomic E-state index is 12.7. The quantitative estimate of drug-likeness (QED) is 0.548. The largest absolute Gasteiger partial charge is 0.378 e. The molecule has 30 heavy (non-hydrogen) atoms. The third-order valence-corrected chi connectivity index (χ3v) is 7.82. The Kier molecular flexibility index (Phi) is 6.95. The van der Waals surface area contributed by atoms with Crippen LogP contribution < -0.4 is 14.8 Å². The molecule has 0 spiro atoms. The molecule has 0 aromatic heterocycles. The first kappa shape index (κ1) is 22.9. The molecule has 2 aromatic carbocycles. The maximum absolute atomic E-state index is 12.7. The molecule has 3 N–H and O–H groups in total. The van der Waals surface area contributed by atoms with Crippen molar-refractivity contribution in [2.45, 2.75) is 29.2 Å². The van der Waals surface area contributed by atoms with Crippen LogP contribution >= 0.6 is 0 Å². The fourth-order valence-electron chi connectivity index (χ4n) is 3.06. The third kappa shape index (κ3) is 5.65. The van der Waals surface area contributed by atoms with Crippen molar-refractivity contribution in [3.8, 4) is 0 Å². The smallest absolute Gasteiger partial charge is 0.240 e. The van der Waals surface area contributed by atoms with Crippen molar-refractivity contribution >= 4 is 20.0 Å². The van der Waals surface area contributed by atoms with E-state index in [9.17, 15) is 16.8 Å². The van der Waals surface area contributed by atoms with Crippen LogP contribution in [0, 0.1) is 13.8 Å². The van der Waals surface area contributed by atoms with Gasteiger partial charge in [-0.3, -0.25) is 0 Å². The normalized spacial score (nSPS) is 17.0. The Morgan fingerprint density at radius 2 is 1.27 bits per heavy atom. The molecule has 1 heterocycles. The van der Waals surface area contributed by atoms with Gasteiger partial charge in [0, 0.05) is 19.6 Å². The van der Waals surface area contributed by atoms with Gasteiger partial charge in [0.25, 0.3) is 0 Å². The number of aryl methyl sites for hydroxylation is 2. The van der Waals surface area contributed by atoms with E-state index in [4.69, 9.17) is 4.74 Å². The van der Waals surface area contributed by atoms with Crippen molar-refractivity contribution < 1.29 is 21.6 Å². The minimum Gasteiger partial charge on any atom is -0.378 e. The van der Waals surface area contributed by atoms with Crippen LogP contribution in [-0.4, -0.2) is 55.2 Å². The average molecular weight is 454 g/mol. The Balaban J connectivity index is 1.73. The van der Waals surface area contributed by atoms with Gasteiger partial charge in [0.1, 0.15) is 0 Å². The van der Waals surface area contributed by atoms with Crippen LogP contribution in [0.4, 0.5) is 0 Å². The van der Waals surface area contributed by atoms with Gasteiger partial charge in [0.15, 0.2) is 0 Å². The Morgan fingerprint density at radius 1 is 0.833 bits per heavy atom. The van der Waals surface area contributed by atoms with Crippen LogP contribution in [-0.2, 0) is 24.8 Å². The van der Waals surface area contributed by atoms with E-state index in [1.54, 1.807) is 24.3 Å². The zero-order chi connectivity index (χ0) is 21.8. The van der Waals surface area contributed by atoms with E-state index in [0.29, 0.717) is 13.2 Å². The van der Waals surface area contributed by atoms with Gasteiger partial charge in [-0.05, 0) is 38.1 Å². The maximum Gasteiger partial charge on any atom is 0.240 e. The molecular formula is C20H27N3O5S2. The number of hydrogen-bond acceptors (Lipinski definition) is 6. The second kappa shape index (κ2) is 9.13. The molecule has 10 heteroatoms. The number of nitrogens with one attached hydrogen (secondary N) is 3. The Morgan fingerprint density at radius 3 is 1.63 bits per heavy atom. The minimum absolute atomic E-state index is 0.0281. The Hall–Kier alpha value is -1.82. The van der Waals surface area contributed by atoms with Gasteiger partial charge in [-0.25, -0.2) is 26.3 Å². The highest BCUT2D eigenvalue weighted by molar-refractivity contribution is 7.89. The summed E-state index contributed by atoms with van der Waals surface area (Å²) in [5.41, 5.74) is 1.00. The summed E-state index contributed by atoms with van der Waals surface area (Å²) in [6, 6.07) is 13.0. The van der Waals surface area contributed by atoms with E-state index in [-0.39, 0.29) is 29.5 Å². The molecule has 0 radical (unpaired) electrons. The molecule has 1 saturated heterocycles. The van der Waals surface area contributed by atoms with Crippen molar-refractivity contribution in [1.82, 2.24) is 14.8 Å². The zero-order valence-electron chi connectivity index (χ0n) is 17.0. The highest BCUT2D eigenvalue weighted by Gasteiger charge is 2.35. The van der Waals surface area contributed by atoms with Gasteiger partial charge in [0.2, 0.25) is 20.0 Å². The van der Waals surface area contributed by atoms with Gasteiger partial charge < -0.3 is 10.1 Å². The van der Waals surface area contributed by atoms with E-state index < -0.39 is 25.6 Å². The first-order chi connectivity index (χ1) is 14.1. The van der Waals surface area contributed by atoms with Crippen LogP contribution in [0.25, 0.3) is 0 Å². The molecule has 1 aliphatic heterocycles. The summed E-state index contributed by atoms with van der Waals surface area (Å²) in [7, 11) is -7.50. The molecule has 2 aromatic rings. The molecule has 0 atom stereocenters. The Labute approximate surface area is 178 Å². The van der Waals surface area contributed by atoms with E-state index in [2.05, 4.69) is 14.8 Å². The molecule has 0 amide bonds. The zero-order valence-corrected chi connectivity index (χ0v) is 18.6. The second-order valence-electron chi connectivity index (χ2n) is 7.53. The minimum atomic E-state index is -3.75. The highest BCUT2D eigenvalue weighted by atomic mass is 32.2. The molecule has 164 valence electrons. The molecule has 0 saturated carbocycles. The van der Waals surface area contributed by atoms with Gasteiger partial charge in [-0.2, -0.15) is 0 Å². The van der Waals surface area contributed by atoms with Gasteiger partial charge in [-0.1, -0.05) is 35.4 Å². The lowest BCUT2D eigenvalue weighted by Gasteiger charge is -2.38. The van der Waals surface area contributed by atoms with Gasteiger partial charge in [0.05, 0.1) is 28.5 Å². The Bertz CT molecular complexity index is 979. The van der Waals surface area contributed by atoms with Crippen LogP contribution in [0.15, 0.2) is 58.3 Å². The summed E-state index contributed by atoms with van der Waals surface area (Å²) in [6.45, 7) is 4.82. The third-order valence-electron chi connectivity index (χ3n) is 4.99. The van der Waals surface area contributed by atoms with Crippen molar-refractivity contribution in [3.63, 3.8) is 0 Å². The van der Waals surface area contributed by atoms with Crippen molar-refractivity contribution in [3.05, 3.63) is 59.7 Å². The summed E-state index contributed by atoms with van der Waals surface area (Å²) in [5, 5.41) is 3.22. The summed E-state index contributed by atoms with van der Waals surface area (Å²) in [6.07, 6.45) is 0. The number of benzene rings is 2. The van der Waals surface area contributed by atoms with Gasteiger partial charge >= 0.3 is 0 Å². The molecule has 0 bridgehead atoms. The van der Waals surface area contributed by atoms with Crippen LogP contribution in [0.2, 0.25) is 0 Å². The van der Waals surface area contributed by atoms with E-state index >= 15 is 0 Å². The summed E-state index contributed by atoms with van der Waals surface area (Å²) < 4.78 is 61.4. The lowest BCUT2D eigenvalue weighted by atomic mass is 10.0. The van der Waals surface area contributed by atoms with Gasteiger partial charge in [-0.15, -0.1) is 0 Å². The van der Waals surface area contributed by atoms with Crippen LogP contribution in [0.5, 0.6) is 0 Å². The molecule has 0 unspecified atom stereocenters. The molecule has 1 fully saturated rings. The standard InChI is InChI=1S/C20H27N3O5S2/c1-16-3-7-18(8-4-16)29(24,25)22-13-20(15-28-12-11-21-20)14-23-30(26,27)19-9-5-17(2)6-10-19/h3-10,21-23H,11-15H2,1-2H3. The van der Waals surface area contributed by atoms with E-state index in [1.165, 1.54) is 24.3 Å². The fourth-order valence-corrected chi connectivity index (χ4v) is 5.32. The lowest BCUT2D eigenvalue weighted by molar-refractivity contribution is 0.0318. The fraction of sp³-hybridized carbons (Fsp3) is 0.400. The number of morpholine rings is 1. The molecular weight excluding hydrogens is 426 g/mol. The number of sulfonamides is 2. The number of rotatable bonds is 8. The molecule has 0 aliphatic carbocycles. The number of ether oxygens (including phenoxy) is 1. The summed E-state index contributed by atoms with van der Waals surface area (Å²) >= 11 is 0. The predicted octanol–water partition coefficient (Wildman–Crippen LogP) is 0.919. The average Bonchev–Trinajstić information content (AvgIpc) is 2.73. The number of hydrogen-bond donors (Lipinski definition) is 3. The molecule has 8 nitrogen and oxygen atoms in total. The van der Waals surface area contributed by atoms with Crippen molar-refractivity contribution in [2.24, 2.45) is 0 Å². The van der Waals surface area contributed by atoms with Crippen LogP contribution in [0.1, 0.15) is 11.1 Å². The highest BCUT2D eigenvalue weighted by Crippen LogP contribution is 2.15. The summed E-state index contributed by atoms with van der Waals surface area (Å²) in [5.74, 6) is 0. The molecule has 1 aliphatic rings. The topological polar surface area (TPSA) is 114 Å². The second-order valence-corrected chi connectivity index (χ2v) is 11.1. The van der Waals surface area contributed by atoms with E-state index in [0.717, 1.165) is 11.1 Å². The first-order valence-corrected chi connectivity index (χ1v) is 12.5. The van der Waals surface area contributed by atoms with Crippen LogP contribution in [0.3, 0.4) is 0 Å². The lowest BCUT2D eigenvalue weighted by Crippen LogP contribution is -2.65. The molecule has 3 rings (SSSR count). The summed E-state index contributed by atoms with van der Waals surface area (Å²) in [4.78, 5) is 0.306.